The van der Waals surface area contributed by atoms with Crippen LogP contribution in [0.2, 0.25) is 0 Å². The van der Waals surface area contributed by atoms with Crippen molar-refractivity contribution in [2.45, 2.75) is 25.4 Å². The van der Waals surface area contributed by atoms with E-state index in [9.17, 15) is 4.79 Å². The third-order valence-electron chi connectivity index (χ3n) is 6.69. The van der Waals surface area contributed by atoms with Gasteiger partial charge in [0.05, 0.1) is 11.6 Å². The highest BCUT2D eigenvalue weighted by molar-refractivity contribution is 5.99. The smallest absolute Gasteiger partial charge is 0.269 e. The number of nitrogens with one attached hydrogen (secondary N) is 1. The summed E-state index contributed by atoms with van der Waals surface area (Å²) < 4.78 is 5.76. The molecule has 4 rings (SSSR count). The number of para-hydroxylation sites is 1. The average Bonchev–Trinajstić information content (AvgIpc) is 2.88. The number of hydrogen-bond donors (Lipinski definition) is 2. The molecule has 2 aromatic carbocycles. The largest absolute Gasteiger partial charge is 0.398 e. The molecule has 3 N–H and O–H groups in total. The van der Waals surface area contributed by atoms with Crippen LogP contribution in [-0.4, -0.2) is 55.2 Å². The van der Waals surface area contributed by atoms with Crippen LogP contribution in [0.25, 0.3) is 16.5 Å². The number of hydrogen-bond acceptors (Lipinski definition) is 5. The summed E-state index contributed by atoms with van der Waals surface area (Å²) in [5.41, 5.74) is 10.1. The molecule has 1 amide bonds. The Hall–Kier alpha value is -3.22. The number of piperidine rings is 1. The predicted octanol–water partition coefficient (Wildman–Crippen LogP) is 4.38. The Morgan fingerprint density at radius 1 is 1.18 bits per heavy atom. The number of amides is 1. The molecule has 1 fully saturated rings. The molecule has 1 unspecified atom stereocenters. The quantitative estimate of drug-likeness (QED) is 0.497. The Balaban J connectivity index is 1.23. The average molecular weight is 459 g/mol. The highest BCUT2D eigenvalue weighted by Crippen LogP contribution is 2.23. The van der Waals surface area contributed by atoms with Gasteiger partial charge in [0.2, 0.25) is 0 Å². The summed E-state index contributed by atoms with van der Waals surface area (Å²) in [4.78, 5) is 19.6. The van der Waals surface area contributed by atoms with Gasteiger partial charge in [0.1, 0.15) is 5.69 Å². The van der Waals surface area contributed by atoms with Crippen molar-refractivity contribution in [2.24, 2.45) is 5.92 Å². The molecule has 0 saturated carbocycles. The van der Waals surface area contributed by atoms with E-state index >= 15 is 0 Å². The van der Waals surface area contributed by atoms with E-state index in [1.807, 2.05) is 42.5 Å². The lowest BCUT2D eigenvalue weighted by atomic mass is 9.95. The second kappa shape index (κ2) is 11.3. The maximum atomic E-state index is 12.7. The molecule has 0 bridgehead atoms. The summed E-state index contributed by atoms with van der Waals surface area (Å²) in [5, 5.41) is 3.93. The molecule has 1 atom stereocenters. The van der Waals surface area contributed by atoms with Crippen LogP contribution in [0, 0.1) is 5.92 Å². The van der Waals surface area contributed by atoms with Crippen molar-refractivity contribution in [2.75, 3.05) is 39.0 Å². The zero-order valence-electron chi connectivity index (χ0n) is 19.9. The number of nitrogens with two attached hydrogens (primary N) is 1. The zero-order valence-corrected chi connectivity index (χ0v) is 19.9. The summed E-state index contributed by atoms with van der Waals surface area (Å²) in [7, 11) is 1.78. The molecular weight excluding hydrogens is 424 g/mol. The van der Waals surface area contributed by atoms with Gasteiger partial charge in [-0.1, -0.05) is 55.1 Å². The van der Waals surface area contributed by atoms with Crippen molar-refractivity contribution >= 4 is 28.1 Å². The van der Waals surface area contributed by atoms with Crippen LogP contribution in [0.3, 0.4) is 0 Å². The summed E-state index contributed by atoms with van der Waals surface area (Å²) in [5.74, 6) is 0.289. The predicted molar refractivity (Wildman–Crippen MR) is 139 cm³/mol. The van der Waals surface area contributed by atoms with Gasteiger partial charge in [-0.05, 0) is 61.5 Å². The summed E-state index contributed by atoms with van der Waals surface area (Å²) in [6.45, 7) is 7.80. The molecule has 6 nitrogen and oxygen atoms in total. The second-order valence-electron chi connectivity index (χ2n) is 9.10. The van der Waals surface area contributed by atoms with Crippen molar-refractivity contribution in [3.05, 3.63) is 78.5 Å². The SMILES string of the molecule is C=C(CC(CN1CCC(CNC(=O)c2cc(N)c3ccccc3n2)CC1)OC)c1ccccc1. The number of methoxy groups -OCH3 is 1. The monoisotopic (exact) mass is 458 g/mol. The molecule has 0 radical (unpaired) electrons. The van der Waals surface area contributed by atoms with E-state index in [0.29, 0.717) is 23.8 Å². The third-order valence-corrected chi connectivity index (χ3v) is 6.69. The molecule has 1 saturated heterocycles. The number of likely N-dealkylation sites (tertiary alicyclic amines) is 1. The summed E-state index contributed by atoms with van der Waals surface area (Å²) in [6.07, 6.45) is 3.03. The van der Waals surface area contributed by atoms with Crippen LogP contribution in [-0.2, 0) is 4.74 Å². The zero-order chi connectivity index (χ0) is 23.9. The van der Waals surface area contributed by atoms with Crippen molar-refractivity contribution in [1.29, 1.82) is 0 Å². The number of fused-ring (bicyclic) bond motifs is 1. The first-order valence-corrected chi connectivity index (χ1v) is 11.9. The van der Waals surface area contributed by atoms with Crippen molar-refractivity contribution in [1.82, 2.24) is 15.2 Å². The molecule has 1 aromatic heterocycles. The van der Waals surface area contributed by atoms with Crippen molar-refractivity contribution in [3.63, 3.8) is 0 Å². The minimum absolute atomic E-state index is 0.119. The van der Waals surface area contributed by atoms with E-state index in [-0.39, 0.29) is 12.0 Å². The van der Waals surface area contributed by atoms with Crippen LogP contribution < -0.4 is 11.1 Å². The lowest BCUT2D eigenvalue weighted by Crippen LogP contribution is -2.42. The number of pyridine rings is 1. The highest BCUT2D eigenvalue weighted by atomic mass is 16.5. The first-order valence-electron chi connectivity index (χ1n) is 11.9. The Labute approximate surface area is 201 Å². The number of benzene rings is 2. The minimum Gasteiger partial charge on any atom is -0.398 e. The highest BCUT2D eigenvalue weighted by Gasteiger charge is 2.23. The van der Waals surface area contributed by atoms with E-state index in [0.717, 1.165) is 55.4 Å². The van der Waals surface area contributed by atoms with Crippen LogP contribution in [0.15, 0.2) is 67.2 Å². The topological polar surface area (TPSA) is 80.5 Å². The molecule has 3 aromatic rings. The third kappa shape index (κ3) is 6.01. The van der Waals surface area contributed by atoms with Crippen LogP contribution in [0.5, 0.6) is 0 Å². The standard InChI is InChI=1S/C28H34N4O2/c1-20(22-8-4-3-5-9-22)16-23(34-2)19-32-14-12-21(13-15-32)18-30-28(33)27-17-25(29)24-10-6-7-11-26(24)31-27/h3-11,17,21,23H,1,12-16,18-19H2,2H3,(H2,29,31)(H,30,33). The van der Waals surface area contributed by atoms with Gasteiger partial charge in [-0.25, -0.2) is 4.98 Å². The molecule has 1 aliphatic rings. The number of nitrogen functional groups attached to an aromatic ring is 1. The van der Waals surface area contributed by atoms with Gasteiger partial charge >= 0.3 is 0 Å². The Morgan fingerprint density at radius 3 is 2.62 bits per heavy atom. The van der Waals surface area contributed by atoms with Crippen LogP contribution in [0.4, 0.5) is 5.69 Å². The fourth-order valence-corrected chi connectivity index (χ4v) is 4.60. The number of nitrogens with zero attached hydrogens (tertiary/aromatic N) is 2. The number of anilines is 1. The van der Waals surface area contributed by atoms with E-state index in [1.165, 1.54) is 5.56 Å². The normalized spacial score (nSPS) is 15.8. The minimum atomic E-state index is -0.168. The molecule has 0 spiro atoms. The first-order chi connectivity index (χ1) is 16.5. The maximum absolute atomic E-state index is 12.7. The number of carbonyl (C=O) groups excluding carboxylic acids is 1. The fourth-order valence-electron chi connectivity index (χ4n) is 4.60. The van der Waals surface area contributed by atoms with Gasteiger partial charge in [0, 0.05) is 31.3 Å². The van der Waals surface area contributed by atoms with Gasteiger partial charge < -0.3 is 20.7 Å². The van der Waals surface area contributed by atoms with Crippen LogP contribution >= 0.6 is 0 Å². The maximum Gasteiger partial charge on any atom is 0.269 e. The molecule has 1 aliphatic heterocycles. The Bertz CT molecular complexity index is 1120. The number of aromatic nitrogens is 1. The number of carbonyl (C=O) groups is 1. The molecule has 178 valence electrons. The van der Waals surface area contributed by atoms with Crippen molar-refractivity contribution < 1.29 is 9.53 Å². The number of rotatable bonds is 9. The molecular formula is C28H34N4O2. The van der Waals surface area contributed by atoms with Crippen molar-refractivity contribution in [3.8, 4) is 0 Å². The summed E-state index contributed by atoms with van der Waals surface area (Å²) >= 11 is 0. The molecule has 2 heterocycles. The van der Waals surface area contributed by atoms with Gasteiger partial charge in [-0.2, -0.15) is 0 Å². The number of ether oxygens (including phenoxy) is 1. The Morgan fingerprint density at radius 2 is 1.88 bits per heavy atom. The van der Waals surface area contributed by atoms with E-state index in [1.54, 1.807) is 13.2 Å². The van der Waals surface area contributed by atoms with E-state index in [2.05, 4.69) is 33.9 Å². The molecule has 6 heteroatoms. The second-order valence-corrected chi connectivity index (χ2v) is 9.10. The van der Waals surface area contributed by atoms with E-state index < -0.39 is 0 Å². The fraction of sp³-hybridized carbons (Fsp3) is 0.357. The van der Waals surface area contributed by atoms with Gasteiger partial charge in [-0.15, -0.1) is 0 Å². The van der Waals surface area contributed by atoms with Gasteiger partial charge in [0.25, 0.3) is 5.91 Å². The molecule has 0 aliphatic carbocycles. The summed E-state index contributed by atoms with van der Waals surface area (Å²) in [6, 6.07) is 19.6. The molecule has 34 heavy (non-hydrogen) atoms. The van der Waals surface area contributed by atoms with Gasteiger partial charge in [0.15, 0.2) is 0 Å². The van der Waals surface area contributed by atoms with Gasteiger partial charge in [-0.3, -0.25) is 4.79 Å². The lowest BCUT2D eigenvalue weighted by Gasteiger charge is -2.34. The lowest BCUT2D eigenvalue weighted by molar-refractivity contribution is 0.0542. The first kappa shape index (κ1) is 23.9. The van der Waals surface area contributed by atoms with E-state index in [4.69, 9.17) is 10.5 Å². The Kier molecular flexibility index (Phi) is 7.93. The van der Waals surface area contributed by atoms with Crippen LogP contribution in [0.1, 0.15) is 35.3 Å².